The summed E-state index contributed by atoms with van der Waals surface area (Å²) in [4.78, 5) is 7.46. The molecule has 0 unspecified atom stereocenters. The third-order valence-electron chi connectivity index (χ3n) is 6.99. The molecule has 1 aromatic carbocycles. The third kappa shape index (κ3) is 4.29. The number of benzene rings is 1. The first-order valence-corrected chi connectivity index (χ1v) is 11.7. The molecule has 0 amide bonds. The number of amidine groups is 1. The van der Waals surface area contributed by atoms with Gasteiger partial charge in [-0.3, -0.25) is 5.43 Å². The summed E-state index contributed by atoms with van der Waals surface area (Å²) in [6, 6.07) is 5.99. The van der Waals surface area contributed by atoms with Crippen LogP contribution < -0.4 is 19.9 Å². The number of fused-ring (bicyclic) bond motifs is 1. The molecule has 1 saturated heterocycles. The summed E-state index contributed by atoms with van der Waals surface area (Å²) >= 11 is 0. The zero-order chi connectivity index (χ0) is 20.3. The number of nitrogens with one attached hydrogen (secondary N) is 1. The van der Waals surface area contributed by atoms with E-state index in [0.717, 1.165) is 41.3 Å². The van der Waals surface area contributed by atoms with E-state index in [1.54, 1.807) is 0 Å². The van der Waals surface area contributed by atoms with Crippen LogP contribution in [0.5, 0.6) is 11.5 Å². The molecule has 1 aromatic rings. The number of likely N-dealkylation sites (tertiary alicyclic amines) is 1. The Labute approximate surface area is 179 Å². The zero-order valence-corrected chi connectivity index (χ0v) is 17.9. The fourth-order valence-corrected chi connectivity index (χ4v) is 5.28. The standard InChI is InChI=1S/C24H34N4O2/c1-18-25-24(26-28(18)21-9-10-22-23(16-21)30-15-14-29-22)20-8-5-12-27(17-20)13-11-19-6-3-2-4-7-19/h9-10,16,19-20H,1-8,11-15,17H2,(H,25,26)/t20-/m0/s1. The van der Waals surface area contributed by atoms with Gasteiger partial charge in [0.25, 0.3) is 0 Å². The lowest BCUT2D eigenvalue weighted by Gasteiger charge is -2.34. The molecule has 30 heavy (non-hydrogen) atoms. The quantitative estimate of drug-likeness (QED) is 0.783. The van der Waals surface area contributed by atoms with Gasteiger partial charge in [-0.2, -0.15) is 0 Å². The Morgan fingerprint density at radius 2 is 1.87 bits per heavy atom. The van der Waals surface area contributed by atoms with Crippen molar-refractivity contribution in [3.05, 3.63) is 30.6 Å². The van der Waals surface area contributed by atoms with Gasteiger partial charge in [-0.25, -0.2) is 10.0 Å². The van der Waals surface area contributed by atoms with Crippen LogP contribution in [-0.2, 0) is 0 Å². The fraction of sp³-hybridized carbons (Fsp3) is 0.625. The van der Waals surface area contributed by atoms with E-state index in [1.165, 1.54) is 64.5 Å². The van der Waals surface area contributed by atoms with Crippen molar-refractivity contribution in [2.45, 2.75) is 51.4 Å². The van der Waals surface area contributed by atoms with Gasteiger partial charge >= 0.3 is 0 Å². The summed E-state index contributed by atoms with van der Waals surface area (Å²) in [7, 11) is 0. The van der Waals surface area contributed by atoms with Gasteiger partial charge in [0.15, 0.2) is 11.5 Å². The van der Waals surface area contributed by atoms with Crippen LogP contribution in [0.25, 0.3) is 0 Å². The highest BCUT2D eigenvalue weighted by molar-refractivity contribution is 5.90. The summed E-state index contributed by atoms with van der Waals surface area (Å²) in [5.41, 5.74) is 4.50. The Bertz CT molecular complexity index is 802. The first kappa shape index (κ1) is 19.7. The molecular weight excluding hydrogens is 376 g/mol. The lowest BCUT2D eigenvalue weighted by atomic mass is 9.86. The van der Waals surface area contributed by atoms with Crippen LogP contribution in [0.15, 0.2) is 35.6 Å². The van der Waals surface area contributed by atoms with Crippen molar-refractivity contribution in [1.29, 1.82) is 0 Å². The van der Waals surface area contributed by atoms with E-state index in [4.69, 9.17) is 14.5 Å². The highest BCUT2D eigenvalue weighted by atomic mass is 16.6. The summed E-state index contributed by atoms with van der Waals surface area (Å²) in [6.45, 7) is 8.93. The number of hydrogen-bond donors (Lipinski definition) is 1. The Hall–Kier alpha value is -2.21. The monoisotopic (exact) mass is 410 g/mol. The van der Waals surface area contributed by atoms with Crippen LogP contribution >= 0.6 is 0 Å². The van der Waals surface area contributed by atoms with Gasteiger partial charge in [-0.15, -0.1) is 0 Å². The molecule has 0 spiro atoms. The fourth-order valence-electron chi connectivity index (χ4n) is 5.28. The van der Waals surface area contributed by atoms with Crippen molar-refractivity contribution in [3.8, 4) is 11.5 Å². The third-order valence-corrected chi connectivity index (χ3v) is 6.99. The van der Waals surface area contributed by atoms with Crippen LogP contribution in [0.3, 0.4) is 0 Å². The lowest BCUT2D eigenvalue weighted by molar-refractivity contribution is 0.171. The number of nitrogens with zero attached hydrogens (tertiary/aromatic N) is 3. The van der Waals surface area contributed by atoms with Crippen LogP contribution in [0.2, 0.25) is 0 Å². The SMILES string of the molecule is C=C1N=C([C@H]2CCCN(CCC3CCCCC3)C2)NN1c1ccc2c(c1)OCCO2. The number of hydrogen-bond acceptors (Lipinski definition) is 6. The van der Waals surface area contributed by atoms with Gasteiger partial charge in [0.1, 0.15) is 24.9 Å². The number of ether oxygens (including phenoxy) is 2. The molecule has 6 heteroatoms. The van der Waals surface area contributed by atoms with E-state index in [2.05, 4.69) is 16.9 Å². The van der Waals surface area contributed by atoms with Gasteiger partial charge in [0, 0.05) is 18.5 Å². The molecule has 1 aliphatic carbocycles. The molecule has 3 heterocycles. The lowest BCUT2D eigenvalue weighted by Crippen LogP contribution is -2.45. The molecule has 1 saturated carbocycles. The second-order valence-electron chi connectivity index (χ2n) is 9.12. The first-order valence-electron chi connectivity index (χ1n) is 11.7. The van der Waals surface area contributed by atoms with Crippen molar-refractivity contribution in [3.63, 3.8) is 0 Å². The molecule has 6 nitrogen and oxygen atoms in total. The smallest absolute Gasteiger partial charge is 0.163 e. The second kappa shape index (κ2) is 8.88. The van der Waals surface area contributed by atoms with E-state index < -0.39 is 0 Å². The van der Waals surface area contributed by atoms with E-state index in [-0.39, 0.29) is 0 Å². The number of aliphatic imine (C=N–C) groups is 1. The molecule has 2 fully saturated rings. The molecule has 3 aliphatic heterocycles. The van der Waals surface area contributed by atoms with Gasteiger partial charge in [0.2, 0.25) is 0 Å². The average molecular weight is 411 g/mol. The first-order chi connectivity index (χ1) is 14.8. The number of rotatable bonds is 5. The van der Waals surface area contributed by atoms with Crippen molar-refractivity contribution < 1.29 is 9.47 Å². The zero-order valence-electron chi connectivity index (χ0n) is 17.9. The van der Waals surface area contributed by atoms with Gasteiger partial charge in [-0.1, -0.05) is 38.7 Å². The maximum absolute atomic E-state index is 5.74. The topological polar surface area (TPSA) is 49.3 Å². The van der Waals surface area contributed by atoms with Gasteiger partial charge in [-0.05, 0) is 50.4 Å². The predicted octanol–water partition coefficient (Wildman–Crippen LogP) is 4.33. The minimum atomic E-state index is 0.448. The highest BCUT2D eigenvalue weighted by Crippen LogP contribution is 2.35. The van der Waals surface area contributed by atoms with E-state index >= 15 is 0 Å². The van der Waals surface area contributed by atoms with Crippen molar-refractivity contribution >= 4 is 11.5 Å². The average Bonchev–Trinajstić information content (AvgIpc) is 3.20. The van der Waals surface area contributed by atoms with E-state index in [1.807, 2.05) is 23.2 Å². The Balaban J connectivity index is 1.19. The number of anilines is 1. The van der Waals surface area contributed by atoms with E-state index in [0.29, 0.717) is 19.1 Å². The molecule has 162 valence electrons. The predicted molar refractivity (Wildman–Crippen MR) is 120 cm³/mol. The van der Waals surface area contributed by atoms with Crippen molar-refractivity contribution in [2.75, 3.05) is 37.9 Å². The minimum absolute atomic E-state index is 0.448. The molecule has 0 radical (unpaired) electrons. The Morgan fingerprint density at radius 3 is 2.73 bits per heavy atom. The number of piperidine rings is 1. The summed E-state index contributed by atoms with van der Waals surface area (Å²) in [5.74, 6) is 4.78. The Morgan fingerprint density at radius 1 is 1.03 bits per heavy atom. The molecule has 5 rings (SSSR count). The second-order valence-corrected chi connectivity index (χ2v) is 9.12. The van der Waals surface area contributed by atoms with Crippen LogP contribution in [0.4, 0.5) is 5.69 Å². The summed E-state index contributed by atoms with van der Waals surface area (Å²) in [5, 5.41) is 1.97. The molecule has 1 N–H and O–H groups in total. The summed E-state index contributed by atoms with van der Waals surface area (Å²) < 4.78 is 11.4. The molecule has 0 aromatic heterocycles. The van der Waals surface area contributed by atoms with Crippen molar-refractivity contribution in [2.24, 2.45) is 16.8 Å². The van der Waals surface area contributed by atoms with Crippen LogP contribution in [-0.4, -0.2) is 43.6 Å². The number of hydrazine groups is 1. The van der Waals surface area contributed by atoms with E-state index in [9.17, 15) is 0 Å². The van der Waals surface area contributed by atoms with Crippen LogP contribution in [0.1, 0.15) is 51.4 Å². The maximum atomic E-state index is 5.74. The molecule has 4 aliphatic rings. The summed E-state index contributed by atoms with van der Waals surface area (Å²) in [6.07, 6.45) is 11.0. The largest absolute Gasteiger partial charge is 0.486 e. The minimum Gasteiger partial charge on any atom is -0.486 e. The Kier molecular flexibility index (Phi) is 5.84. The van der Waals surface area contributed by atoms with Gasteiger partial charge in [0.05, 0.1) is 5.69 Å². The maximum Gasteiger partial charge on any atom is 0.163 e. The van der Waals surface area contributed by atoms with Crippen LogP contribution in [0, 0.1) is 11.8 Å². The normalized spacial score (nSPS) is 25.2. The molecule has 1 atom stereocenters. The molecule has 0 bridgehead atoms. The van der Waals surface area contributed by atoms with Crippen molar-refractivity contribution in [1.82, 2.24) is 10.3 Å². The molecular formula is C24H34N4O2. The van der Waals surface area contributed by atoms with Gasteiger partial charge < -0.3 is 14.4 Å². The highest BCUT2D eigenvalue weighted by Gasteiger charge is 2.30.